The van der Waals surface area contributed by atoms with Crippen molar-refractivity contribution in [1.29, 1.82) is 0 Å². The number of nitrogens with zero attached hydrogens (tertiary/aromatic N) is 5. The van der Waals surface area contributed by atoms with Gasteiger partial charge in [-0.2, -0.15) is 0 Å². The normalized spacial score (nSPS) is 22.8. The highest BCUT2D eigenvalue weighted by molar-refractivity contribution is 5.31. The fourth-order valence-corrected chi connectivity index (χ4v) is 3.08. The van der Waals surface area contributed by atoms with E-state index < -0.39 is 0 Å². The lowest BCUT2D eigenvalue weighted by Crippen LogP contribution is -2.40. The molecule has 1 atom stereocenters. The summed E-state index contributed by atoms with van der Waals surface area (Å²) in [6.07, 6.45) is 5.99. The average molecular weight is 286 g/mol. The quantitative estimate of drug-likeness (QED) is 0.928. The molecule has 6 heteroatoms. The number of imidazole rings is 1. The number of aryl methyl sites for hydroxylation is 2. The predicted octanol–water partition coefficient (Wildman–Crippen LogP) is 1.61. The summed E-state index contributed by atoms with van der Waals surface area (Å²) in [6.45, 7) is 6.00. The SMILES string of the molecule is Cc1cc(N)nc([C@]2(C)CCCN2Cc2nccn2C)n1. The van der Waals surface area contributed by atoms with Gasteiger partial charge in [0.05, 0.1) is 12.1 Å². The Labute approximate surface area is 125 Å². The van der Waals surface area contributed by atoms with Crippen molar-refractivity contribution in [1.82, 2.24) is 24.4 Å². The van der Waals surface area contributed by atoms with Crippen LogP contribution in [0.25, 0.3) is 0 Å². The molecular formula is C15H22N6. The van der Waals surface area contributed by atoms with E-state index in [2.05, 4.69) is 31.3 Å². The number of nitrogens with two attached hydrogens (primary N) is 1. The predicted molar refractivity (Wildman–Crippen MR) is 81.4 cm³/mol. The van der Waals surface area contributed by atoms with E-state index in [0.29, 0.717) is 5.82 Å². The molecule has 112 valence electrons. The third kappa shape index (κ3) is 2.51. The summed E-state index contributed by atoms with van der Waals surface area (Å²) in [6, 6.07) is 1.81. The van der Waals surface area contributed by atoms with Gasteiger partial charge in [0.2, 0.25) is 0 Å². The lowest BCUT2D eigenvalue weighted by atomic mass is 9.97. The summed E-state index contributed by atoms with van der Waals surface area (Å²) in [4.78, 5) is 16.0. The number of hydrogen-bond donors (Lipinski definition) is 1. The maximum Gasteiger partial charge on any atom is 0.150 e. The van der Waals surface area contributed by atoms with E-state index in [9.17, 15) is 0 Å². The van der Waals surface area contributed by atoms with E-state index in [1.165, 1.54) is 0 Å². The molecule has 3 rings (SSSR count). The lowest BCUT2D eigenvalue weighted by Gasteiger charge is -2.33. The zero-order valence-electron chi connectivity index (χ0n) is 12.9. The highest BCUT2D eigenvalue weighted by Crippen LogP contribution is 2.37. The van der Waals surface area contributed by atoms with Crippen LogP contribution in [-0.4, -0.2) is 31.0 Å². The molecule has 2 N–H and O–H groups in total. The van der Waals surface area contributed by atoms with E-state index in [4.69, 9.17) is 5.73 Å². The Balaban J connectivity index is 1.93. The minimum absolute atomic E-state index is 0.175. The second-order valence-corrected chi connectivity index (χ2v) is 6.01. The van der Waals surface area contributed by atoms with E-state index in [0.717, 1.165) is 43.3 Å². The van der Waals surface area contributed by atoms with Crippen molar-refractivity contribution in [3.8, 4) is 0 Å². The molecule has 2 aromatic rings. The third-order valence-corrected chi connectivity index (χ3v) is 4.40. The number of nitrogen functional groups attached to an aromatic ring is 1. The molecule has 2 aromatic heterocycles. The van der Waals surface area contributed by atoms with Gasteiger partial charge in [0.1, 0.15) is 11.6 Å². The molecule has 21 heavy (non-hydrogen) atoms. The fourth-order valence-electron chi connectivity index (χ4n) is 3.08. The molecule has 0 spiro atoms. The molecule has 6 nitrogen and oxygen atoms in total. The van der Waals surface area contributed by atoms with Crippen molar-refractivity contribution in [3.05, 3.63) is 35.8 Å². The van der Waals surface area contributed by atoms with Crippen LogP contribution in [0, 0.1) is 6.92 Å². The lowest BCUT2D eigenvalue weighted by molar-refractivity contribution is 0.133. The molecule has 0 amide bonds. The van der Waals surface area contributed by atoms with Gasteiger partial charge in [-0.3, -0.25) is 4.90 Å². The van der Waals surface area contributed by atoms with Gasteiger partial charge in [0.15, 0.2) is 5.82 Å². The van der Waals surface area contributed by atoms with Gasteiger partial charge in [-0.1, -0.05) is 0 Å². The van der Waals surface area contributed by atoms with Crippen molar-refractivity contribution in [3.63, 3.8) is 0 Å². The fraction of sp³-hybridized carbons (Fsp3) is 0.533. The first-order valence-corrected chi connectivity index (χ1v) is 7.32. The first-order chi connectivity index (χ1) is 9.99. The van der Waals surface area contributed by atoms with Crippen LogP contribution >= 0.6 is 0 Å². The molecule has 1 aliphatic heterocycles. The van der Waals surface area contributed by atoms with Crippen LogP contribution in [-0.2, 0) is 19.1 Å². The maximum atomic E-state index is 5.91. The van der Waals surface area contributed by atoms with E-state index in [-0.39, 0.29) is 5.54 Å². The smallest absolute Gasteiger partial charge is 0.150 e. The van der Waals surface area contributed by atoms with Gasteiger partial charge in [-0.25, -0.2) is 15.0 Å². The zero-order chi connectivity index (χ0) is 15.0. The molecule has 0 unspecified atom stereocenters. The molecule has 0 radical (unpaired) electrons. The molecule has 0 bridgehead atoms. The first-order valence-electron chi connectivity index (χ1n) is 7.32. The molecule has 1 saturated heterocycles. The second-order valence-electron chi connectivity index (χ2n) is 6.01. The van der Waals surface area contributed by atoms with E-state index in [1.807, 2.05) is 32.4 Å². The van der Waals surface area contributed by atoms with Crippen molar-refractivity contribution in [2.75, 3.05) is 12.3 Å². The molecule has 3 heterocycles. The number of anilines is 1. The minimum atomic E-state index is -0.175. The second kappa shape index (κ2) is 5.11. The average Bonchev–Trinajstić information content (AvgIpc) is 2.98. The molecule has 1 aliphatic rings. The number of likely N-dealkylation sites (tertiary alicyclic amines) is 1. The Morgan fingerprint density at radius 1 is 1.38 bits per heavy atom. The minimum Gasteiger partial charge on any atom is -0.384 e. The summed E-state index contributed by atoms with van der Waals surface area (Å²) >= 11 is 0. The summed E-state index contributed by atoms with van der Waals surface area (Å²) in [7, 11) is 2.02. The maximum absolute atomic E-state index is 5.91. The topological polar surface area (TPSA) is 72.9 Å². The van der Waals surface area contributed by atoms with Gasteiger partial charge in [-0.15, -0.1) is 0 Å². The van der Waals surface area contributed by atoms with Crippen LogP contribution in [0.2, 0.25) is 0 Å². The number of rotatable bonds is 3. The molecular weight excluding hydrogens is 264 g/mol. The highest BCUT2D eigenvalue weighted by atomic mass is 15.3. The summed E-state index contributed by atoms with van der Waals surface area (Å²) in [5.74, 6) is 2.43. The van der Waals surface area contributed by atoms with E-state index >= 15 is 0 Å². The van der Waals surface area contributed by atoms with Crippen LogP contribution < -0.4 is 5.73 Å². The standard InChI is InChI=1S/C15H22N6/c1-11-9-12(16)19-14(18-11)15(2)5-4-7-21(15)10-13-17-6-8-20(13)3/h6,8-9H,4-5,7,10H2,1-3H3,(H2,16,18,19)/t15-/m0/s1. The monoisotopic (exact) mass is 286 g/mol. The van der Waals surface area contributed by atoms with Gasteiger partial charge in [0, 0.05) is 31.2 Å². The molecule has 0 saturated carbocycles. The van der Waals surface area contributed by atoms with Crippen molar-refractivity contribution in [2.24, 2.45) is 7.05 Å². The van der Waals surface area contributed by atoms with Crippen LogP contribution in [0.4, 0.5) is 5.82 Å². The Bertz CT molecular complexity index is 629. The first kappa shape index (κ1) is 14.0. The largest absolute Gasteiger partial charge is 0.384 e. The van der Waals surface area contributed by atoms with E-state index in [1.54, 1.807) is 0 Å². The summed E-state index contributed by atoms with van der Waals surface area (Å²) in [5.41, 5.74) is 6.65. The molecule has 0 aromatic carbocycles. The summed E-state index contributed by atoms with van der Waals surface area (Å²) < 4.78 is 2.06. The number of hydrogen-bond acceptors (Lipinski definition) is 5. The number of aromatic nitrogens is 4. The van der Waals surface area contributed by atoms with Gasteiger partial charge in [0.25, 0.3) is 0 Å². The van der Waals surface area contributed by atoms with Crippen molar-refractivity contribution in [2.45, 2.75) is 38.8 Å². The Morgan fingerprint density at radius 2 is 2.19 bits per heavy atom. The van der Waals surface area contributed by atoms with Crippen molar-refractivity contribution >= 4 is 5.82 Å². The van der Waals surface area contributed by atoms with Gasteiger partial charge >= 0.3 is 0 Å². The zero-order valence-corrected chi connectivity index (χ0v) is 12.9. The van der Waals surface area contributed by atoms with Crippen LogP contribution in [0.5, 0.6) is 0 Å². The van der Waals surface area contributed by atoms with Crippen molar-refractivity contribution < 1.29 is 0 Å². The summed E-state index contributed by atoms with van der Waals surface area (Å²) in [5, 5.41) is 0. The Kier molecular flexibility index (Phi) is 3.41. The highest BCUT2D eigenvalue weighted by Gasteiger charge is 2.41. The van der Waals surface area contributed by atoms with Gasteiger partial charge in [-0.05, 0) is 33.2 Å². The van der Waals surface area contributed by atoms with Crippen LogP contribution in [0.3, 0.4) is 0 Å². The van der Waals surface area contributed by atoms with Crippen LogP contribution in [0.1, 0.15) is 37.1 Å². The molecule has 0 aliphatic carbocycles. The Morgan fingerprint density at radius 3 is 2.86 bits per heavy atom. The van der Waals surface area contributed by atoms with Gasteiger partial charge < -0.3 is 10.3 Å². The van der Waals surface area contributed by atoms with Crippen LogP contribution in [0.15, 0.2) is 18.5 Å². The third-order valence-electron chi connectivity index (χ3n) is 4.40. The molecule has 1 fully saturated rings. The Hall–Kier alpha value is -1.95.